The van der Waals surface area contributed by atoms with E-state index in [-0.39, 0.29) is 0 Å². The van der Waals surface area contributed by atoms with Crippen LogP contribution < -0.4 is 11.1 Å². The highest BCUT2D eigenvalue weighted by atomic mass is 16.5. The van der Waals surface area contributed by atoms with Crippen LogP contribution in [-0.4, -0.2) is 28.5 Å². The van der Waals surface area contributed by atoms with Gasteiger partial charge in [0.25, 0.3) is 5.91 Å². The van der Waals surface area contributed by atoms with Crippen molar-refractivity contribution < 1.29 is 19.1 Å². The normalized spacial score (nSPS) is 14.5. The SMILES string of the molecule is Cc1cc(C(=O)O[C@H](C)C(=O)Nc2ccc(C(N)=O)cc2)c(C)n1C1CC1. The van der Waals surface area contributed by atoms with Gasteiger partial charge >= 0.3 is 5.97 Å². The molecule has 1 fully saturated rings. The monoisotopic (exact) mass is 369 g/mol. The van der Waals surface area contributed by atoms with Gasteiger partial charge in [0, 0.05) is 28.7 Å². The molecule has 142 valence electrons. The second-order valence-electron chi connectivity index (χ2n) is 6.86. The summed E-state index contributed by atoms with van der Waals surface area (Å²) in [4.78, 5) is 35.9. The zero-order valence-electron chi connectivity index (χ0n) is 15.6. The van der Waals surface area contributed by atoms with E-state index in [1.165, 1.54) is 19.1 Å². The number of aryl methyl sites for hydroxylation is 1. The molecule has 0 unspecified atom stereocenters. The number of carbonyl (C=O) groups is 3. The molecule has 3 rings (SSSR count). The van der Waals surface area contributed by atoms with Crippen LogP contribution in [0.4, 0.5) is 5.69 Å². The van der Waals surface area contributed by atoms with E-state index in [4.69, 9.17) is 10.5 Å². The lowest BCUT2D eigenvalue weighted by Gasteiger charge is -2.14. The summed E-state index contributed by atoms with van der Waals surface area (Å²) in [6, 6.07) is 8.44. The molecule has 7 nitrogen and oxygen atoms in total. The number of amides is 2. The molecule has 0 bridgehead atoms. The van der Waals surface area contributed by atoms with Gasteiger partial charge < -0.3 is 20.4 Å². The second-order valence-corrected chi connectivity index (χ2v) is 6.86. The van der Waals surface area contributed by atoms with Crippen molar-refractivity contribution in [3.05, 3.63) is 52.8 Å². The quantitative estimate of drug-likeness (QED) is 0.764. The van der Waals surface area contributed by atoms with Gasteiger partial charge in [-0.2, -0.15) is 0 Å². The maximum atomic E-state index is 12.5. The molecule has 0 saturated heterocycles. The van der Waals surface area contributed by atoms with Gasteiger partial charge in [0.05, 0.1) is 5.56 Å². The molecule has 1 heterocycles. The smallest absolute Gasteiger partial charge is 0.340 e. The number of esters is 1. The second kappa shape index (κ2) is 7.26. The number of anilines is 1. The molecular weight excluding hydrogens is 346 g/mol. The van der Waals surface area contributed by atoms with Crippen LogP contribution in [0.1, 0.15) is 57.9 Å². The number of primary amides is 1. The molecule has 0 spiro atoms. The predicted molar refractivity (Wildman–Crippen MR) is 101 cm³/mol. The van der Waals surface area contributed by atoms with Crippen LogP contribution in [0.25, 0.3) is 0 Å². The van der Waals surface area contributed by atoms with E-state index in [9.17, 15) is 14.4 Å². The first-order chi connectivity index (χ1) is 12.8. The predicted octanol–water partition coefficient (Wildman–Crippen LogP) is 2.72. The van der Waals surface area contributed by atoms with E-state index < -0.39 is 23.9 Å². The van der Waals surface area contributed by atoms with Gasteiger partial charge in [-0.3, -0.25) is 9.59 Å². The molecule has 7 heteroatoms. The van der Waals surface area contributed by atoms with Crippen molar-refractivity contribution in [1.29, 1.82) is 0 Å². The minimum Gasteiger partial charge on any atom is -0.449 e. The number of hydrogen-bond donors (Lipinski definition) is 2. The molecule has 2 aromatic rings. The summed E-state index contributed by atoms with van der Waals surface area (Å²) in [5.74, 6) is -1.51. The van der Waals surface area contributed by atoms with Crippen molar-refractivity contribution in [2.45, 2.75) is 45.8 Å². The topological polar surface area (TPSA) is 103 Å². The third-order valence-electron chi connectivity index (χ3n) is 4.71. The third-order valence-corrected chi connectivity index (χ3v) is 4.71. The van der Waals surface area contributed by atoms with Crippen LogP contribution in [0.2, 0.25) is 0 Å². The number of hydrogen-bond acceptors (Lipinski definition) is 4. The number of rotatable bonds is 6. The van der Waals surface area contributed by atoms with Crippen molar-refractivity contribution in [2.75, 3.05) is 5.32 Å². The first-order valence-corrected chi connectivity index (χ1v) is 8.88. The lowest BCUT2D eigenvalue weighted by atomic mass is 10.2. The fourth-order valence-corrected chi connectivity index (χ4v) is 3.12. The molecular formula is C20H23N3O4. The summed E-state index contributed by atoms with van der Waals surface area (Å²) in [5.41, 5.74) is 8.40. The van der Waals surface area contributed by atoms with E-state index in [0.717, 1.165) is 24.2 Å². The van der Waals surface area contributed by atoms with Crippen LogP contribution in [0.3, 0.4) is 0 Å². The van der Waals surface area contributed by atoms with Crippen LogP contribution in [-0.2, 0) is 9.53 Å². The number of ether oxygens (including phenoxy) is 1. The van der Waals surface area contributed by atoms with E-state index in [1.54, 1.807) is 12.1 Å². The van der Waals surface area contributed by atoms with Crippen molar-refractivity contribution in [3.8, 4) is 0 Å². The van der Waals surface area contributed by atoms with Crippen LogP contribution in [0.15, 0.2) is 30.3 Å². The Balaban J connectivity index is 1.63. The molecule has 1 aromatic heterocycles. The van der Waals surface area contributed by atoms with Gasteiger partial charge in [-0.25, -0.2) is 4.79 Å². The molecule has 1 aliphatic rings. The molecule has 1 aromatic carbocycles. The van der Waals surface area contributed by atoms with Crippen molar-refractivity contribution >= 4 is 23.5 Å². The molecule has 3 N–H and O–H groups in total. The number of aromatic nitrogens is 1. The van der Waals surface area contributed by atoms with Crippen LogP contribution in [0, 0.1) is 13.8 Å². The summed E-state index contributed by atoms with van der Waals surface area (Å²) in [6.45, 7) is 5.38. The Morgan fingerprint density at radius 3 is 2.37 bits per heavy atom. The maximum Gasteiger partial charge on any atom is 0.340 e. The maximum absolute atomic E-state index is 12.5. The van der Waals surface area contributed by atoms with Crippen LogP contribution >= 0.6 is 0 Å². The average molecular weight is 369 g/mol. The lowest BCUT2D eigenvalue weighted by Crippen LogP contribution is -2.30. The highest BCUT2D eigenvalue weighted by Crippen LogP contribution is 2.38. The molecule has 1 saturated carbocycles. The van der Waals surface area contributed by atoms with Gasteiger partial charge in [-0.1, -0.05) is 0 Å². The highest BCUT2D eigenvalue weighted by Gasteiger charge is 2.29. The van der Waals surface area contributed by atoms with Gasteiger partial charge in [-0.05, 0) is 63.9 Å². The summed E-state index contributed by atoms with van der Waals surface area (Å²) in [6.07, 6.45) is 1.29. The Labute approximate surface area is 157 Å². The average Bonchev–Trinajstić information content (AvgIpc) is 3.40. The van der Waals surface area contributed by atoms with Crippen molar-refractivity contribution in [2.24, 2.45) is 5.73 Å². The molecule has 0 aliphatic heterocycles. The Morgan fingerprint density at radius 1 is 1.19 bits per heavy atom. The Morgan fingerprint density at radius 2 is 1.81 bits per heavy atom. The Hall–Kier alpha value is -3.09. The standard InChI is InChI=1S/C20H23N3O4/c1-11-10-17(12(2)23(11)16-8-9-16)20(26)27-13(3)19(25)22-15-6-4-14(5-7-15)18(21)24/h4-7,10,13,16H,8-9H2,1-3H3,(H2,21,24)(H,22,25)/t13-/m1/s1. The highest BCUT2D eigenvalue weighted by molar-refractivity contribution is 5.98. The van der Waals surface area contributed by atoms with Gasteiger partial charge in [0.1, 0.15) is 0 Å². The minimum absolute atomic E-state index is 0.346. The largest absolute Gasteiger partial charge is 0.449 e. The zero-order valence-corrected chi connectivity index (χ0v) is 15.6. The molecule has 0 radical (unpaired) electrons. The summed E-state index contributed by atoms with van der Waals surface area (Å²) in [5, 5.41) is 2.65. The van der Waals surface area contributed by atoms with Gasteiger partial charge in [0.2, 0.25) is 5.91 Å². The number of benzene rings is 1. The lowest BCUT2D eigenvalue weighted by molar-refractivity contribution is -0.123. The molecule has 2 amide bonds. The number of nitrogens with one attached hydrogen (secondary N) is 1. The van der Waals surface area contributed by atoms with E-state index in [2.05, 4.69) is 9.88 Å². The van der Waals surface area contributed by atoms with Crippen molar-refractivity contribution in [3.63, 3.8) is 0 Å². The molecule has 1 atom stereocenters. The van der Waals surface area contributed by atoms with Gasteiger partial charge in [-0.15, -0.1) is 0 Å². The summed E-state index contributed by atoms with van der Waals surface area (Å²) < 4.78 is 7.50. The third kappa shape index (κ3) is 4.02. The van der Waals surface area contributed by atoms with Gasteiger partial charge in [0.15, 0.2) is 6.10 Å². The fourth-order valence-electron chi connectivity index (χ4n) is 3.12. The fraction of sp³-hybridized carbons (Fsp3) is 0.350. The van der Waals surface area contributed by atoms with E-state index in [0.29, 0.717) is 22.9 Å². The minimum atomic E-state index is -0.961. The van der Waals surface area contributed by atoms with Crippen molar-refractivity contribution in [1.82, 2.24) is 4.57 Å². The summed E-state index contributed by atoms with van der Waals surface area (Å²) >= 11 is 0. The number of nitrogens with zero attached hydrogens (tertiary/aromatic N) is 1. The number of carbonyl (C=O) groups excluding carboxylic acids is 3. The van der Waals surface area contributed by atoms with E-state index >= 15 is 0 Å². The van der Waals surface area contributed by atoms with E-state index in [1.807, 2.05) is 19.9 Å². The molecule has 1 aliphatic carbocycles. The zero-order chi connectivity index (χ0) is 19.7. The molecule has 27 heavy (non-hydrogen) atoms. The Bertz CT molecular complexity index is 895. The number of nitrogens with two attached hydrogens (primary N) is 1. The first kappa shape index (κ1) is 18.7. The van der Waals surface area contributed by atoms with Crippen LogP contribution in [0.5, 0.6) is 0 Å². The Kier molecular flexibility index (Phi) is 5.03. The first-order valence-electron chi connectivity index (χ1n) is 8.88. The summed E-state index contributed by atoms with van der Waals surface area (Å²) in [7, 11) is 0.